The van der Waals surface area contributed by atoms with Crippen LogP contribution in [0.15, 0.2) is 65.6 Å². The summed E-state index contributed by atoms with van der Waals surface area (Å²) in [5.41, 5.74) is 0.608. The van der Waals surface area contributed by atoms with E-state index in [0.717, 1.165) is 36.4 Å². The third-order valence-electron chi connectivity index (χ3n) is 6.80. The molecule has 2 N–H and O–H groups in total. The predicted molar refractivity (Wildman–Crippen MR) is 134 cm³/mol. The first-order valence-electron chi connectivity index (χ1n) is 11.9. The van der Waals surface area contributed by atoms with E-state index in [1.54, 1.807) is 26.1 Å². The number of rotatable bonds is 6. The lowest BCUT2D eigenvalue weighted by atomic mass is 10.1. The molecule has 12 heteroatoms. The van der Waals surface area contributed by atoms with Gasteiger partial charge in [-0.05, 0) is 61.0 Å². The lowest BCUT2D eigenvalue weighted by Gasteiger charge is -2.33. The molecule has 1 aliphatic rings. The number of alkyl halides is 3. The van der Waals surface area contributed by atoms with Crippen molar-refractivity contribution in [3.8, 4) is 11.3 Å². The van der Waals surface area contributed by atoms with Gasteiger partial charge in [0.05, 0.1) is 11.3 Å². The van der Waals surface area contributed by atoms with Crippen molar-refractivity contribution in [2.75, 3.05) is 18.9 Å². The first-order chi connectivity index (χ1) is 17.9. The van der Waals surface area contributed by atoms with Gasteiger partial charge in [0, 0.05) is 32.0 Å². The van der Waals surface area contributed by atoms with Crippen molar-refractivity contribution in [1.29, 1.82) is 0 Å². The summed E-state index contributed by atoms with van der Waals surface area (Å²) in [5, 5.41) is 5.62. The van der Waals surface area contributed by atoms with E-state index in [4.69, 9.17) is 0 Å². The van der Waals surface area contributed by atoms with Crippen molar-refractivity contribution in [1.82, 2.24) is 10.3 Å². The molecule has 2 atom stereocenters. The number of likely N-dealkylation sites (tertiary alicyclic amines) is 1. The van der Waals surface area contributed by atoms with Gasteiger partial charge < -0.3 is 10.6 Å². The summed E-state index contributed by atoms with van der Waals surface area (Å²) in [4.78, 5) is 17.8. The molecule has 202 valence electrons. The van der Waals surface area contributed by atoms with Gasteiger partial charge in [-0.3, -0.25) is 0 Å². The highest BCUT2D eigenvalue weighted by molar-refractivity contribution is 7.86. The summed E-state index contributed by atoms with van der Waals surface area (Å²) >= 11 is 0. The number of halogens is 4. The molecule has 1 aliphatic heterocycles. The van der Waals surface area contributed by atoms with Crippen molar-refractivity contribution in [2.24, 2.45) is 0 Å². The minimum Gasteiger partial charge on any atom is -0.373 e. The second-order valence-electron chi connectivity index (χ2n) is 9.17. The summed E-state index contributed by atoms with van der Waals surface area (Å²) in [7, 11) is -2.58. The highest BCUT2D eigenvalue weighted by Gasteiger charge is 2.56. The molecule has 2 heterocycles. The van der Waals surface area contributed by atoms with Gasteiger partial charge in [-0.25, -0.2) is 14.2 Å². The number of sulfonamides is 1. The molecule has 1 saturated heterocycles. The number of amides is 2. The summed E-state index contributed by atoms with van der Waals surface area (Å²) in [6, 6.07) is 11.0. The summed E-state index contributed by atoms with van der Waals surface area (Å²) in [6.07, 6.45) is -3.43. The first kappa shape index (κ1) is 27.5. The van der Waals surface area contributed by atoms with Crippen LogP contribution >= 0.6 is 0 Å². The average molecular weight is 552 g/mol. The Labute approximate surface area is 218 Å². The molecule has 38 heavy (non-hydrogen) atoms. The molecule has 1 unspecified atom stereocenters. The molecule has 2 aromatic carbocycles. The number of benzene rings is 2. The maximum atomic E-state index is 13.7. The van der Waals surface area contributed by atoms with Gasteiger partial charge >= 0.3 is 22.2 Å². The zero-order valence-electron chi connectivity index (χ0n) is 20.7. The van der Waals surface area contributed by atoms with Gasteiger partial charge in [-0.2, -0.15) is 21.6 Å². The van der Waals surface area contributed by atoms with Crippen LogP contribution in [0.5, 0.6) is 0 Å². The minimum atomic E-state index is -4.46. The molecule has 2 amide bonds. The molecule has 0 aliphatic carbocycles. The van der Waals surface area contributed by atoms with E-state index < -0.39 is 43.5 Å². The van der Waals surface area contributed by atoms with E-state index in [2.05, 4.69) is 15.6 Å². The summed E-state index contributed by atoms with van der Waals surface area (Å²) < 4.78 is 78.8. The zero-order valence-corrected chi connectivity index (χ0v) is 21.5. The zero-order chi connectivity index (χ0) is 27.7. The van der Waals surface area contributed by atoms with Crippen molar-refractivity contribution >= 4 is 21.9 Å². The van der Waals surface area contributed by atoms with Gasteiger partial charge in [0.15, 0.2) is 0 Å². The molecule has 0 saturated carbocycles. The lowest BCUT2D eigenvalue weighted by molar-refractivity contribution is -0.733. The van der Waals surface area contributed by atoms with Crippen LogP contribution in [0.4, 0.5) is 28.2 Å². The van der Waals surface area contributed by atoms with E-state index in [-0.39, 0.29) is 18.0 Å². The Morgan fingerprint density at radius 3 is 2.29 bits per heavy atom. The number of anilines is 1. The molecule has 1 aromatic heterocycles. The van der Waals surface area contributed by atoms with E-state index in [9.17, 15) is 30.8 Å². The molecular formula is C26H27F4N4O3S+. The van der Waals surface area contributed by atoms with E-state index in [0.29, 0.717) is 35.5 Å². The van der Waals surface area contributed by atoms with Gasteiger partial charge in [0.1, 0.15) is 29.1 Å². The molecule has 1 fully saturated rings. The standard InChI is InChI=1S/C26H26F4N4O3S/c1-17-4-3-13-34(17,38(36,37)22-11-9-21(27)10-12-22)25(35)32-16-18-14-23(33-24(15-18)31-2)19-5-7-20(8-6-19)26(28,29)30/h5-12,14-15,17H,3-4,13,16H2,1-2H3,(H-,31,32,33,35)/p+1/t17-,34?/m1/s1. The molecule has 3 aromatic rings. The molecule has 7 nitrogen and oxygen atoms in total. The number of aromatic nitrogens is 1. The van der Waals surface area contributed by atoms with E-state index in [1.807, 2.05) is 0 Å². The van der Waals surface area contributed by atoms with E-state index in [1.165, 1.54) is 12.1 Å². The van der Waals surface area contributed by atoms with Crippen LogP contribution in [-0.4, -0.2) is 43.0 Å². The fourth-order valence-corrected chi connectivity index (χ4v) is 6.81. The number of nitrogens with one attached hydrogen (secondary N) is 2. The molecule has 0 radical (unpaired) electrons. The Balaban J connectivity index is 1.62. The SMILES string of the molecule is CNc1cc(CNC(=O)[N+]2(S(=O)(=O)c3ccc(F)cc3)CCC[C@H]2C)cc(-c2ccc(C(F)(F)F)cc2)n1. The van der Waals surface area contributed by atoms with Crippen molar-refractivity contribution in [3.63, 3.8) is 0 Å². The Kier molecular flexibility index (Phi) is 7.48. The number of hydrogen-bond acceptors (Lipinski definition) is 5. The van der Waals surface area contributed by atoms with Gasteiger partial charge in [0.25, 0.3) is 0 Å². The Hall–Kier alpha value is -3.51. The van der Waals surface area contributed by atoms with Crippen LogP contribution in [0, 0.1) is 5.82 Å². The van der Waals surface area contributed by atoms with Gasteiger partial charge in [-0.1, -0.05) is 12.1 Å². The first-order valence-corrected chi connectivity index (χ1v) is 13.4. The highest BCUT2D eigenvalue weighted by Crippen LogP contribution is 2.36. The average Bonchev–Trinajstić information content (AvgIpc) is 3.29. The number of carbonyl (C=O) groups is 1. The van der Waals surface area contributed by atoms with Crippen LogP contribution in [0.2, 0.25) is 0 Å². The Bertz CT molecular complexity index is 1430. The lowest BCUT2D eigenvalue weighted by Crippen LogP contribution is -2.62. The maximum absolute atomic E-state index is 13.7. The quantitative estimate of drug-likeness (QED) is 0.310. The molecule has 0 bridgehead atoms. The third kappa shape index (κ3) is 5.10. The number of pyridine rings is 1. The second kappa shape index (κ2) is 10.3. The monoisotopic (exact) mass is 551 g/mol. The van der Waals surface area contributed by atoms with Crippen molar-refractivity contribution < 1.29 is 34.7 Å². The fraction of sp³-hybridized carbons (Fsp3) is 0.308. The highest BCUT2D eigenvalue weighted by atomic mass is 32.2. The van der Waals surface area contributed by atoms with E-state index >= 15 is 0 Å². The number of hydrogen-bond donors (Lipinski definition) is 2. The number of nitrogens with zero attached hydrogens (tertiary/aromatic N) is 2. The van der Waals surface area contributed by atoms with Crippen molar-refractivity contribution in [3.05, 3.63) is 77.6 Å². The van der Waals surface area contributed by atoms with Crippen LogP contribution in [0.3, 0.4) is 0 Å². The van der Waals surface area contributed by atoms with Gasteiger partial charge in [0.2, 0.25) is 0 Å². The smallest absolute Gasteiger partial charge is 0.373 e. The Morgan fingerprint density at radius 1 is 1.08 bits per heavy atom. The van der Waals surface area contributed by atoms with Crippen LogP contribution < -0.4 is 10.6 Å². The Morgan fingerprint density at radius 2 is 1.74 bits per heavy atom. The predicted octanol–water partition coefficient (Wildman–Crippen LogP) is 5.55. The number of quaternary nitrogens is 1. The van der Waals surface area contributed by atoms with Crippen molar-refractivity contribution in [2.45, 2.75) is 43.4 Å². The van der Waals surface area contributed by atoms with Crippen LogP contribution in [0.1, 0.15) is 30.9 Å². The summed E-state index contributed by atoms with van der Waals surface area (Å²) in [6.45, 7) is 1.72. The summed E-state index contributed by atoms with van der Waals surface area (Å²) in [5.74, 6) is -0.166. The van der Waals surface area contributed by atoms with Crippen LogP contribution in [0.25, 0.3) is 11.3 Å². The second-order valence-corrected chi connectivity index (χ2v) is 11.2. The minimum absolute atomic E-state index is 0.0463. The maximum Gasteiger partial charge on any atom is 0.432 e. The fourth-order valence-electron chi connectivity index (χ4n) is 4.72. The number of carbonyl (C=O) groups excluding carboxylic acids is 1. The van der Waals surface area contributed by atoms with Gasteiger partial charge in [-0.15, -0.1) is 3.89 Å². The topological polar surface area (TPSA) is 88.2 Å². The molecule has 4 rings (SSSR count). The number of urea groups is 1. The van der Waals surface area contributed by atoms with Crippen LogP contribution in [-0.2, 0) is 22.7 Å². The normalized spacial score (nSPS) is 19.8. The largest absolute Gasteiger partial charge is 0.432 e. The third-order valence-corrected chi connectivity index (χ3v) is 9.24. The molecular weight excluding hydrogens is 524 g/mol. The molecule has 0 spiro atoms.